The van der Waals surface area contributed by atoms with Gasteiger partial charge in [0.1, 0.15) is 0 Å². The fourth-order valence-corrected chi connectivity index (χ4v) is 1.75. The summed E-state index contributed by atoms with van der Waals surface area (Å²) in [4.78, 5) is 24.3. The molecule has 1 aliphatic rings. The number of nitrogens with one attached hydrogen (secondary N) is 2. The highest BCUT2D eigenvalue weighted by atomic mass is 16.3. The van der Waals surface area contributed by atoms with E-state index in [1.165, 1.54) is 0 Å². The van der Waals surface area contributed by atoms with Crippen molar-refractivity contribution in [3.63, 3.8) is 0 Å². The van der Waals surface area contributed by atoms with Gasteiger partial charge in [0.2, 0.25) is 5.91 Å². The van der Waals surface area contributed by atoms with Gasteiger partial charge in [-0.2, -0.15) is 0 Å². The van der Waals surface area contributed by atoms with Gasteiger partial charge in [0.25, 0.3) is 0 Å². The summed E-state index contributed by atoms with van der Waals surface area (Å²) in [6.07, 6.45) is 1.32. The molecule has 3 N–H and O–H groups in total. The Kier molecular flexibility index (Phi) is 5.21. The van der Waals surface area contributed by atoms with E-state index in [1.54, 1.807) is 6.92 Å². The molecule has 0 saturated carbocycles. The fraction of sp³-hybridized carbons (Fsp3) is 0.800. The van der Waals surface area contributed by atoms with E-state index >= 15 is 0 Å². The van der Waals surface area contributed by atoms with Gasteiger partial charge in [-0.3, -0.25) is 15.0 Å². The molecule has 0 spiro atoms. The van der Waals surface area contributed by atoms with Crippen LogP contribution in [0.2, 0.25) is 0 Å². The SMILES string of the molecule is CCNC(=O)NC(=O)CN1CCC[C@H](O)C1. The number of likely N-dealkylation sites (tertiary alicyclic amines) is 1. The molecule has 16 heavy (non-hydrogen) atoms. The summed E-state index contributed by atoms with van der Waals surface area (Å²) in [6, 6.07) is -0.468. The van der Waals surface area contributed by atoms with Crippen LogP contribution in [-0.4, -0.2) is 54.2 Å². The van der Waals surface area contributed by atoms with Crippen molar-refractivity contribution < 1.29 is 14.7 Å². The topological polar surface area (TPSA) is 81.7 Å². The molecule has 92 valence electrons. The lowest BCUT2D eigenvalue weighted by Gasteiger charge is -2.29. The number of piperidine rings is 1. The van der Waals surface area contributed by atoms with Crippen molar-refractivity contribution in [2.75, 3.05) is 26.2 Å². The molecule has 0 radical (unpaired) electrons. The Morgan fingerprint density at radius 3 is 2.88 bits per heavy atom. The van der Waals surface area contributed by atoms with Crippen LogP contribution in [-0.2, 0) is 4.79 Å². The van der Waals surface area contributed by atoms with Crippen molar-refractivity contribution in [2.45, 2.75) is 25.9 Å². The number of hydrogen-bond acceptors (Lipinski definition) is 4. The molecular weight excluding hydrogens is 210 g/mol. The van der Waals surface area contributed by atoms with Crippen LogP contribution in [0.5, 0.6) is 0 Å². The van der Waals surface area contributed by atoms with Gasteiger partial charge in [-0.15, -0.1) is 0 Å². The molecule has 1 atom stereocenters. The first-order valence-electron chi connectivity index (χ1n) is 5.60. The molecule has 6 heteroatoms. The van der Waals surface area contributed by atoms with Crippen LogP contribution >= 0.6 is 0 Å². The van der Waals surface area contributed by atoms with E-state index in [9.17, 15) is 14.7 Å². The largest absolute Gasteiger partial charge is 0.392 e. The number of aliphatic hydroxyl groups excluding tert-OH is 1. The number of nitrogens with zero attached hydrogens (tertiary/aromatic N) is 1. The van der Waals surface area contributed by atoms with E-state index < -0.39 is 6.03 Å². The Hall–Kier alpha value is -1.14. The molecule has 1 saturated heterocycles. The number of carbonyl (C=O) groups excluding carboxylic acids is 2. The Balaban J connectivity index is 2.25. The molecule has 0 aliphatic carbocycles. The molecule has 1 rings (SSSR count). The lowest BCUT2D eigenvalue weighted by Crippen LogP contribution is -2.47. The third kappa shape index (κ3) is 4.59. The molecule has 0 aromatic carbocycles. The molecule has 0 aromatic rings. The van der Waals surface area contributed by atoms with Crippen molar-refractivity contribution in [3.8, 4) is 0 Å². The second-order valence-electron chi connectivity index (χ2n) is 3.94. The summed E-state index contributed by atoms with van der Waals surface area (Å²) >= 11 is 0. The maximum Gasteiger partial charge on any atom is 0.321 e. The summed E-state index contributed by atoms with van der Waals surface area (Å²) in [6.45, 7) is 3.73. The second kappa shape index (κ2) is 6.44. The van der Waals surface area contributed by atoms with Crippen molar-refractivity contribution >= 4 is 11.9 Å². The van der Waals surface area contributed by atoms with E-state index in [2.05, 4.69) is 10.6 Å². The number of β-amino-alcohol motifs (C(OH)–C–C–N with tert-alkyl or cyclic N) is 1. The van der Waals surface area contributed by atoms with Gasteiger partial charge in [0.05, 0.1) is 12.6 Å². The second-order valence-corrected chi connectivity index (χ2v) is 3.94. The number of imide groups is 1. The van der Waals surface area contributed by atoms with Crippen LogP contribution in [0.4, 0.5) is 4.79 Å². The fourth-order valence-electron chi connectivity index (χ4n) is 1.75. The van der Waals surface area contributed by atoms with Crippen LogP contribution in [0.15, 0.2) is 0 Å². The first-order valence-corrected chi connectivity index (χ1v) is 5.60. The molecule has 3 amide bonds. The van der Waals surface area contributed by atoms with Crippen molar-refractivity contribution in [1.82, 2.24) is 15.5 Å². The Labute approximate surface area is 95.0 Å². The van der Waals surface area contributed by atoms with Crippen molar-refractivity contribution in [1.29, 1.82) is 0 Å². The van der Waals surface area contributed by atoms with E-state index in [4.69, 9.17) is 0 Å². The maximum atomic E-state index is 11.4. The first kappa shape index (κ1) is 12.9. The Bertz CT molecular complexity index is 258. The van der Waals surface area contributed by atoms with Crippen molar-refractivity contribution in [3.05, 3.63) is 0 Å². The van der Waals surface area contributed by atoms with Crippen LogP contribution in [0.1, 0.15) is 19.8 Å². The van der Waals surface area contributed by atoms with Gasteiger partial charge in [0, 0.05) is 13.1 Å². The standard InChI is InChI=1S/C10H19N3O3/c1-2-11-10(16)12-9(15)7-13-5-3-4-8(14)6-13/h8,14H,2-7H2,1H3,(H2,11,12,15,16)/t8-/m0/s1. The van der Waals surface area contributed by atoms with Crippen LogP contribution in [0.3, 0.4) is 0 Å². The normalized spacial score (nSPS) is 21.5. The predicted octanol–water partition coefficient (Wildman–Crippen LogP) is -0.711. The zero-order valence-electron chi connectivity index (χ0n) is 9.53. The third-order valence-corrected chi connectivity index (χ3v) is 2.44. The minimum absolute atomic E-state index is 0.161. The highest BCUT2D eigenvalue weighted by molar-refractivity contribution is 5.95. The lowest BCUT2D eigenvalue weighted by molar-refractivity contribution is -0.121. The number of hydrogen-bond donors (Lipinski definition) is 3. The van der Waals surface area contributed by atoms with Gasteiger partial charge in [-0.05, 0) is 26.3 Å². The average Bonchev–Trinajstić information content (AvgIpc) is 2.17. The van der Waals surface area contributed by atoms with Crippen molar-refractivity contribution in [2.24, 2.45) is 0 Å². The molecule has 0 aromatic heterocycles. The minimum atomic E-state index is -0.468. The Morgan fingerprint density at radius 2 is 2.25 bits per heavy atom. The van der Waals surface area contributed by atoms with Crippen LogP contribution in [0.25, 0.3) is 0 Å². The summed E-state index contributed by atoms with van der Waals surface area (Å²) in [7, 11) is 0. The molecule has 1 fully saturated rings. The van der Waals surface area contributed by atoms with Gasteiger partial charge in [-0.25, -0.2) is 4.79 Å². The molecule has 0 unspecified atom stereocenters. The first-order chi connectivity index (χ1) is 7.61. The number of carbonyl (C=O) groups is 2. The lowest BCUT2D eigenvalue weighted by atomic mass is 10.1. The number of aliphatic hydroxyl groups is 1. The van der Waals surface area contributed by atoms with Gasteiger partial charge in [-0.1, -0.05) is 0 Å². The quantitative estimate of drug-likeness (QED) is 0.597. The van der Waals surface area contributed by atoms with Gasteiger partial charge in [0.15, 0.2) is 0 Å². The summed E-state index contributed by atoms with van der Waals surface area (Å²) in [5, 5.41) is 14.1. The highest BCUT2D eigenvalue weighted by Crippen LogP contribution is 2.08. The van der Waals surface area contributed by atoms with Gasteiger partial charge >= 0.3 is 6.03 Å². The number of amides is 3. The van der Waals surface area contributed by atoms with E-state index in [1.807, 2.05) is 4.90 Å². The maximum absolute atomic E-state index is 11.4. The van der Waals surface area contributed by atoms with E-state index in [-0.39, 0.29) is 18.6 Å². The van der Waals surface area contributed by atoms with Gasteiger partial charge < -0.3 is 10.4 Å². The molecule has 6 nitrogen and oxygen atoms in total. The average molecular weight is 229 g/mol. The minimum Gasteiger partial charge on any atom is -0.392 e. The summed E-state index contributed by atoms with van der Waals surface area (Å²) in [5.74, 6) is -0.333. The highest BCUT2D eigenvalue weighted by Gasteiger charge is 2.20. The third-order valence-electron chi connectivity index (χ3n) is 2.44. The predicted molar refractivity (Wildman–Crippen MR) is 58.9 cm³/mol. The zero-order valence-corrected chi connectivity index (χ0v) is 9.53. The van der Waals surface area contributed by atoms with E-state index in [0.29, 0.717) is 13.1 Å². The number of urea groups is 1. The molecule has 1 aliphatic heterocycles. The molecule has 0 bridgehead atoms. The van der Waals surface area contributed by atoms with E-state index in [0.717, 1.165) is 19.4 Å². The Morgan fingerprint density at radius 1 is 1.50 bits per heavy atom. The smallest absolute Gasteiger partial charge is 0.321 e. The number of rotatable bonds is 3. The summed E-state index contributed by atoms with van der Waals surface area (Å²) in [5.41, 5.74) is 0. The monoisotopic (exact) mass is 229 g/mol. The molecule has 1 heterocycles. The molecular formula is C10H19N3O3. The van der Waals surface area contributed by atoms with Crippen LogP contribution in [0, 0.1) is 0 Å². The van der Waals surface area contributed by atoms with Crippen LogP contribution < -0.4 is 10.6 Å². The summed E-state index contributed by atoms with van der Waals surface area (Å²) < 4.78 is 0. The zero-order chi connectivity index (χ0) is 12.0.